The van der Waals surface area contributed by atoms with Crippen molar-refractivity contribution in [1.82, 2.24) is 10.3 Å². The number of carbonyl (C=O) groups excluding carboxylic acids is 2. The van der Waals surface area contributed by atoms with Crippen molar-refractivity contribution in [3.8, 4) is 0 Å². The molecule has 1 N–H and O–H groups in total. The van der Waals surface area contributed by atoms with Crippen molar-refractivity contribution >= 4 is 33.4 Å². The normalized spacial score (nSPS) is 16.0. The number of aromatic nitrogens is 1. The summed E-state index contributed by atoms with van der Waals surface area (Å²) in [6.07, 6.45) is 5.36. The van der Waals surface area contributed by atoms with Crippen LogP contribution in [-0.2, 0) is 20.7 Å². The van der Waals surface area contributed by atoms with Crippen LogP contribution in [0.4, 0.5) is 0 Å². The topological polar surface area (TPSA) is 68.3 Å². The molecule has 6 heteroatoms. The lowest BCUT2D eigenvalue weighted by molar-refractivity contribution is -0.155. The van der Waals surface area contributed by atoms with Crippen molar-refractivity contribution in [2.24, 2.45) is 0 Å². The quantitative estimate of drug-likeness (QED) is 0.766. The molecule has 1 amide bonds. The molecule has 1 aliphatic rings. The summed E-state index contributed by atoms with van der Waals surface area (Å²) in [6.45, 7) is 1.63. The van der Waals surface area contributed by atoms with E-state index < -0.39 is 6.10 Å². The highest BCUT2D eigenvalue weighted by Crippen LogP contribution is 2.23. The number of esters is 1. The number of carbonyl (C=O) groups is 2. The van der Waals surface area contributed by atoms with Crippen LogP contribution in [-0.4, -0.2) is 29.0 Å². The molecular formula is C19H24N2O3S. The average Bonchev–Trinajstić information content (AvgIpc) is 3.23. The number of amides is 1. The Balaban J connectivity index is 1.39. The van der Waals surface area contributed by atoms with Gasteiger partial charge in [0.05, 0.1) is 15.2 Å². The predicted octanol–water partition coefficient (Wildman–Crippen LogP) is 3.61. The molecule has 1 saturated carbocycles. The fourth-order valence-corrected chi connectivity index (χ4v) is 4.12. The lowest BCUT2D eigenvalue weighted by atomic mass is 10.2. The standard InChI is InChI=1S/C19H24N2O3S/c1-13(19(23)20-14-7-2-3-8-14)24-18(22)12-6-11-17-21-15-9-4-5-10-16(15)25-17/h4-5,9-10,13-14H,2-3,6-8,11-12H2,1H3,(H,20,23)/t13-/m0/s1. The van der Waals surface area contributed by atoms with Gasteiger partial charge in [0.25, 0.3) is 5.91 Å². The number of nitrogens with zero attached hydrogens (tertiary/aromatic N) is 1. The van der Waals surface area contributed by atoms with Gasteiger partial charge in [0.1, 0.15) is 0 Å². The van der Waals surface area contributed by atoms with E-state index >= 15 is 0 Å². The van der Waals surface area contributed by atoms with Gasteiger partial charge in [-0.25, -0.2) is 4.98 Å². The smallest absolute Gasteiger partial charge is 0.306 e. The van der Waals surface area contributed by atoms with Gasteiger partial charge in [-0.05, 0) is 44.7 Å². The number of thiazole rings is 1. The van der Waals surface area contributed by atoms with Crippen molar-refractivity contribution in [2.45, 2.75) is 64.0 Å². The molecule has 1 aliphatic carbocycles. The van der Waals surface area contributed by atoms with Crippen molar-refractivity contribution in [3.63, 3.8) is 0 Å². The molecule has 0 saturated heterocycles. The van der Waals surface area contributed by atoms with Crippen LogP contribution in [0, 0.1) is 0 Å². The molecular weight excluding hydrogens is 336 g/mol. The number of benzene rings is 1. The molecule has 2 aromatic rings. The molecule has 25 heavy (non-hydrogen) atoms. The third-order valence-corrected chi connectivity index (χ3v) is 5.58. The lowest BCUT2D eigenvalue weighted by Crippen LogP contribution is -2.40. The molecule has 0 bridgehead atoms. The fourth-order valence-electron chi connectivity index (χ4n) is 3.11. The summed E-state index contributed by atoms with van der Waals surface area (Å²) in [6, 6.07) is 8.26. The minimum absolute atomic E-state index is 0.188. The number of fused-ring (bicyclic) bond motifs is 1. The minimum atomic E-state index is -0.726. The summed E-state index contributed by atoms with van der Waals surface area (Å²) in [5.74, 6) is -0.512. The van der Waals surface area contributed by atoms with Gasteiger partial charge in [0.15, 0.2) is 6.10 Å². The SMILES string of the molecule is C[C@H](OC(=O)CCCc1nc2ccccc2s1)C(=O)NC1CCCC1. The molecule has 1 fully saturated rings. The summed E-state index contributed by atoms with van der Waals surface area (Å²) in [5, 5.41) is 3.99. The zero-order chi connectivity index (χ0) is 17.6. The van der Waals surface area contributed by atoms with Crippen LogP contribution in [0.5, 0.6) is 0 Å². The zero-order valence-corrected chi connectivity index (χ0v) is 15.3. The number of ether oxygens (including phenoxy) is 1. The maximum Gasteiger partial charge on any atom is 0.306 e. The summed E-state index contributed by atoms with van der Waals surface area (Å²) >= 11 is 1.66. The van der Waals surface area contributed by atoms with Crippen LogP contribution < -0.4 is 5.32 Å². The van der Waals surface area contributed by atoms with Crippen LogP contribution in [0.15, 0.2) is 24.3 Å². The summed E-state index contributed by atoms with van der Waals surface area (Å²) < 4.78 is 6.42. The van der Waals surface area contributed by atoms with E-state index in [0.29, 0.717) is 12.8 Å². The lowest BCUT2D eigenvalue weighted by Gasteiger charge is -2.17. The first kappa shape index (κ1) is 17.9. The first-order valence-corrected chi connectivity index (χ1v) is 9.78. The molecule has 1 atom stereocenters. The first-order chi connectivity index (χ1) is 12.1. The van der Waals surface area contributed by atoms with Crippen LogP contribution in [0.3, 0.4) is 0 Å². The number of hydrogen-bond donors (Lipinski definition) is 1. The molecule has 1 heterocycles. The number of nitrogens with one attached hydrogen (secondary N) is 1. The highest BCUT2D eigenvalue weighted by molar-refractivity contribution is 7.18. The second kappa shape index (κ2) is 8.43. The van der Waals surface area contributed by atoms with Crippen molar-refractivity contribution in [2.75, 3.05) is 0 Å². The van der Waals surface area contributed by atoms with E-state index in [9.17, 15) is 9.59 Å². The number of para-hydroxylation sites is 1. The molecule has 3 rings (SSSR count). The van der Waals surface area contributed by atoms with E-state index in [4.69, 9.17) is 4.74 Å². The Morgan fingerprint density at radius 1 is 1.32 bits per heavy atom. The Morgan fingerprint density at radius 3 is 2.84 bits per heavy atom. The van der Waals surface area contributed by atoms with Crippen LogP contribution in [0.25, 0.3) is 10.2 Å². The monoisotopic (exact) mass is 360 g/mol. The number of aryl methyl sites for hydroxylation is 1. The van der Waals surface area contributed by atoms with Gasteiger partial charge < -0.3 is 10.1 Å². The van der Waals surface area contributed by atoms with Crippen LogP contribution in [0.2, 0.25) is 0 Å². The molecule has 134 valence electrons. The second-order valence-electron chi connectivity index (χ2n) is 6.55. The van der Waals surface area contributed by atoms with Crippen molar-refractivity contribution in [1.29, 1.82) is 0 Å². The Kier molecular flexibility index (Phi) is 6.02. The van der Waals surface area contributed by atoms with Crippen molar-refractivity contribution in [3.05, 3.63) is 29.3 Å². The van der Waals surface area contributed by atoms with Gasteiger partial charge in [0, 0.05) is 12.5 Å². The van der Waals surface area contributed by atoms with Gasteiger partial charge >= 0.3 is 5.97 Å². The van der Waals surface area contributed by atoms with Gasteiger partial charge in [-0.15, -0.1) is 11.3 Å². The average molecular weight is 360 g/mol. The minimum Gasteiger partial charge on any atom is -0.453 e. The third-order valence-electron chi connectivity index (χ3n) is 4.49. The molecule has 5 nitrogen and oxygen atoms in total. The molecule has 0 unspecified atom stereocenters. The van der Waals surface area contributed by atoms with E-state index in [0.717, 1.165) is 47.3 Å². The Bertz CT molecular complexity index is 704. The number of rotatable bonds is 7. The Labute approximate surface area is 151 Å². The second-order valence-corrected chi connectivity index (χ2v) is 7.67. The summed E-state index contributed by atoms with van der Waals surface area (Å²) in [4.78, 5) is 28.5. The van der Waals surface area contributed by atoms with Gasteiger partial charge in [-0.1, -0.05) is 25.0 Å². The molecule has 1 aromatic heterocycles. The van der Waals surface area contributed by atoms with Gasteiger partial charge in [-0.2, -0.15) is 0 Å². The van der Waals surface area contributed by atoms with Crippen LogP contribution in [0.1, 0.15) is 50.5 Å². The first-order valence-electron chi connectivity index (χ1n) is 8.96. The summed E-state index contributed by atoms with van der Waals surface area (Å²) in [5.41, 5.74) is 1.00. The maximum absolute atomic E-state index is 12.0. The van der Waals surface area contributed by atoms with Gasteiger partial charge in [-0.3, -0.25) is 9.59 Å². The van der Waals surface area contributed by atoms with E-state index in [-0.39, 0.29) is 17.9 Å². The molecule has 0 aliphatic heterocycles. The largest absolute Gasteiger partial charge is 0.453 e. The highest BCUT2D eigenvalue weighted by atomic mass is 32.1. The Hall–Kier alpha value is -1.95. The van der Waals surface area contributed by atoms with E-state index in [1.165, 1.54) is 0 Å². The Morgan fingerprint density at radius 2 is 2.08 bits per heavy atom. The maximum atomic E-state index is 12.0. The van der Waals surface area contributed by atoms with Gasteiger partial charge in [0.2, 0.25) is 0 Å². The predicted molar refractivity (Wildman–Crippen MR) is 98.5 cm³/mol. The fraction of sp³-hybridized carbons (Fsp3) is 0.526. The van der Waals surface area contributed by atoms with Crippen molar-refractivity contribution < 1.29 is 14.3 Å². The van der Waals surface area contributed by atoms with E-state index in [1.807, 2.05) is 18.2 Å². The van der Waals surface area contributed by atoms with E-state index in [2.05, 4.69) is 16.4 Å². The molecule has 0 radical (unpaired) electrons. The number of hydrogen-bond acceptors (Lipinski definition) is 5. The molecule has 1 aromatic carbocycles. The molecule has 0 spiro atoms. The highest BCUT2D eigenvalue weighted by Gasteiger charge is 2.22. The van der Waals surface area contributed by atoms with E-state index in [1.54, 1.807) is 18.3 Å². The summed E-state index contributed by atoms with van der Waals surface area (Å²) in [7, 11) is 0. The third kappa shape index (κ3) is 5.01. The zero-order valence-electron chi connectivity index (χ0n) is 14.5. The van der Waals surface area contributed by atoms with Crippen LogP contribution >= 0.6 is 11.3 Å².